The van der Waals surface area contributed by atoms with Crippen molar-refractivity contribution >= 4 is 0 Å². The van der Waals surface area contributed by atoms with E-state index < -0.39 is 0 Å². The maximum Gasteiger partial charge on any atom is 0.316 e. The molecule has 5 nitrogen and oxygen atoms in total. The van der Waals surface area contributed by atoms with Gasteiger partial charge in [0, 0.05) is 19.3 Å². The van der Waals surface area contributed by atoms with E-state index in [1.54, 1.807) is 12.3 Å². The van der Waals surface area contributed by atoms with Crippen LogP contribution in [0.25, 0.3) is 0 Å². The van der Waals surface area contributed by atoms with Crippen molar-refractivity contribution in [1.29, 1.82) is 0 Å². The molecule has 1 saturated heterocycles. The second kappa shape index (κ2) is 5.77. The van der Waals surface area contributed by atoms with Gasteiger partial charge < -0.3 is 10.5 Å². The van der Waals surface area contributed by atoms with E-state index in [4.69, 9.17) is 10.5 Å². The summed E-state index contributed by atoms with van der Waals surface area (Å²) in [5.74, 6) is 0. The first kappa shape index (κ1) is 11.3. The molecule has 0 aromatic carbocycles. The summed E-state index contributed by atoms with van der Waals surface area (Å²) in [4.78, 5) is 10.6. The summed E-state index contributed by atoms with van der Waals surface area (Å²) in [7, 11) is 0. The highest BCUT2D eigenvalue weighted by Gasteiger charge is 2.11. The van der Waals surface area contributed by atoms with Gasteiger partial charge in [0.25, 0.3) is 0 Å². The number of likely N-dealkylation sites (tertiary alicyclic amines) is 1. The number of aromatic nitrogens is 2. The van der Waals surface area contributed by atoms with Gasteiger partial charge in [0.15, 0.2) is 0 Å². The van der Waals surface area contributed by atoms with Crippen LogP contribution < -0.4 is 10.5 Å². The molecule has 2 rings (SSSR count). The predicted octanol–water partition coefficient (Wildman–Crippen LogP) is 0.410. The Morgan fingerprint density at radius 2 is 2.19 bits per heavy atom. The van der Waals surface area contributed by atoms with Crippen LogP contribution in [-0.4, -0.2) is 41.1 Å². The van der Waals surface area contributed by atoms with Crippen molar-refractivity contribution < 1.29 is 4.74 Å². The van der Waals surface area contributed by atoms with Crippen molar-refractivity contribution in [2.75, 3.05) is 26.2 Å². The van der Waals surface area contributed by atoms with E-state index in [2.05, 4.69) is 14.9 Å². The molecule has 1 aromatic rings. The molecule has 1 aliphatic heterocycles. The Morgan fingerprint density at radius 3 is 2.94 bits per heavy atom. The van der Waals surface area contributed by atoms with Crippen LogP contribution in [0.2, 0.25) is 0 Å². The van der Waals surface area contributed by atoms with Crippen LogP contribution in [0.1, 0.15) is 18.5 Å². The van der Waals surface area contributed by atoms with Crippen molar-refractivity contribution in [2.24, 2.45) is 5.73 Å². The SMILES string of the molecule is NCc1ccnc(OCCN2CCCC2)n1. The largest absolute Gasteiger partial charge is 0.462 e. The fraction of sp³-hybridized carbons (Fsp3) is 0.636. The average Bonchev–Trinajstić information content (AvgIpc) is 2.82. The minimum Gasteiger partial charge on any atom is -0.462 e. The molecule has 0 spiro atoms. The molecule has 0 unspecified atom stereocenters. The molecule has 0 atom stereocenters. The highest BCUT2D eigenvalue weighted by atomic mass is 16.5. The van der Waals surface area contributed by atoms with Crippen LogP contribution in [0, 0.1) is 0 Å². The van der Waals surface area contributed by atoms with Crippen molar-refractivity contribution in [3.63, 3.8) is 0 Å². The lowest BCUT2D eigenvalue weighted by molar-refractivity contribution is 0.225. The van der Waals surface area contributed by atoms with Crippen LogP contribution in [-0.2, 0) is 6.54 Å². The van der Waals surface area contributed by atoms with E-state index >= 15 is 0 Å². The molecule has 88 valence electrons. The molecule has 1 aliphatic rings. The van der Waals surface area contributed by atoms with Crippen molar-refractivity contribution in [1.82, 2.24) is 14.9 Å². The van der Waals surface area contributed by atoms with E-state index in [0.717, 1.165) is 12.2 Å². The van der Waals surface area contributed by atoms with Crippen LogP contribution >= 0.6 is 0 Å². The first-order valence-electron chi connectivity index (χ1n) is 5.75. The monoisotopic (exact) mass is 222 g/mol. The molecular formula is C11H18N4O. The third-order valence-corrected chi connectivity index (χ3v) is 2.74. The third-order valence-electron chi connectivity index (χ3n) is 2.74. The van der Waals surface area contributed by atoms with Gasteiger partial charge >= 0.3 is 6.01 Å². The summed E-state index contributed by atoms with van der Waals surface area (Å²) >= 11 is 0. The Morgan fingerprint density at radius 1 is 1.38 bits per heavy atom. The summed E-state index contributed by atoms with van der Waals surface area (Å²) in [6, 6.07) is 2.23. The highest BCUT2D eigenvalue weighted by molar-refractivity contribution is 5.04. The molecule has 16 heavy (non-hydrogen) atoms. The zero-order chi connectivity index (χ0) is 11.2. The molecule has 0 aliphatic carbocycles. The summed E-state index contributed by atoms with van der Waals surface area (Å²) in [5.41, 5.74) is 6.30. The van der Waals surface area contributed by atoms with Crippen molar-refractivity contribution in [3.05, 3.63) is 18.0 Å². The molecule has 1 fully saturated rings. The van der Waals surface area contributed by atoms with E-state index in [0.29, 0.717) is 19.2 Å². The molecule has 1 aromatic heterocycles. The minimum absolute atomic E-state index is 0.422. The van der Waals surface area contributed by atoms with Crippen LogP contribution in [0.15, 0.2) is 12.3 Å². The predicted molar refractivity (Wildman–Crippen MR) is 61.1 cm³/mol. The molecule has 2 N–H and O–H groups in total. The highest BCUT2D eigenvalue weighted by Crippen LogP contribution is 2.07. The van der Waals surface area contributed by atoms with Gasteiger partial charge in [-0.2, -0.15) is 4.98 Å². The Hall–Kier alpha value is -1.20. The van der Waals surface area contributed by atoms with Gasteiger partial charge in [-0.05, 0) is 32.0 Å². The number of ether oxygens (including phenoxy) is 1. The van der Waals surface area contributed by atoms with Gasteiger partial charge in [-0.1, -0.05) is 0 Å². The lowest BCUT2D eigenvalue weighted by Gasteiger charge is -2.14. The summed E-state index contributed by atoms with van der Waals surface area (Å²) in [6.07, 6.45) is 4.29. The number of nitrogens with zero attached hydrogens (tertiary/aromatic N) is 3. The quantitative estimate of drug-likeness (QED) is 0.781. The van der Waals surface area contributed by atoms with Crippen molar-refractivity contribution in [3.8, 4) is 6.01 Å². The molecular weight excluding hydrogens is 204 g/mol. The Bertz CT molecular complexity index is 326. The summed E-state index contributed by atoms with van der Waals surface area (Å²) in [6.45, 7) is 4.40. The van der Waals surface area contributed by atoms with Gasteiger partial charge in [-0.3, -0.25) is 4.90 Å². The van der Waals surface area contributed by atoms with E-state index in [1.165, 1.54) is 25.9 Å². The molecule has 0 bridgehead atoms. The van der Waals surface area contributed by atoms with Gasteiger partial charge in [0.2, 0.25) is 0 Å². The van der Waals surface area contributed by atoms with E-state index in [-0.39, 0.29) is 0 Å². The number of rotatable bonds is 5. The molecule has 0 saturated carbocycles. The smallest absolute Gasteiger partial charge is 0.316 e. The Labute approximate surface area is 95.6 Å². The lowest BCUT2D eigenvalue weighted by atomic mass is 10.4. The fourth-order valence-corrected chi connectivity index (χ4v) is 1.83. The third kappa shape index (κ3) is 3.15. The maximum absolute atomic E-state index is 5.49. The number of hydrogen-bond donors (Lipinski definition) is 1. The van der Waals surface area contributed by atoms with Gasteiger partial charge in [-0.15, -0.1) is 0 Å². The maximum atomic E-state index is 5.49. The second-order valence-electron chi connectivity index (χ2n) is 3.93. The first-order valence-corrected chi connectivity index (χ1v) is 5.75. The van der Waals surface area contributed by atoms with Crippen molar-refractivity contribution in [2.45, 2.75) is 19.4 Å². The standard InChI is InChI=1S/C11H18N4O/c12-9-10-3-4-13-11(14-10)16-8-7-15-5-1-2-6-15/h3-4H,1-2,5-9,12H2. The van der Waals surface area contributed by atoms with Crippen LogP contribution in [0.4, 0.5) is 0 Å². The average molecular weight is 222 g/mol. The lowest BCUT2D eigenvalue weighted by Crippen LogP contribution is -2.25. The van der Waals surface area contributed by atoms with E-state index in [9.17, 15) is 0 Å². The summed E-state index contributed by atoms with van der Waals surface area (Å²) in [5, 5.41) is 0. The second-order valence-corrected chi connectivity index (χ2v) is 3.93. The molecule has 2 heterocycles. The van der Waals surface area contributed by atoms with Gasteiger partial charge in [0.1, 0.15) is 6.61 Å². The minimum atomic E-state index is 0.422. The van der Waals surface area contributed by atoms with Crippen LogP contribution in [0.3, 0.4) is 0 Å². The molecule has 0 radical (unpaired) electrons. The molecule has 5 heteroatoms. The van der Waals surface area contributed by atoms with Gasteiger partial charge in [0.05, 0.1) is 5.69 Å². The fourth-order valence-electron chi connectivity index (χ4n) is 1.83. The van der Waals surface area contributed by atoms with Gasteiger partial charge in [-0.25, -0.2) is 4.98 Å². The normalized spacial score (nSPS) is 16.6. The molecule has 0 amide bonds. The number of hydrogen-bond acceptors (Lipinski definition) is 5. The van der Waals surface area contributed by atoms with E-state index in [1.807, 2.05) is 0 Å². The topological polar surface area (TPSA) is 64.3 Å². The first-order chi connectivity index (χ1) is 7.88. The number of nitrogens with two attached hydrogens (primary N) is 1. The van der Waals surface area contributed by atoms with Crippen LogP contribution in [0.5, 0.6) is 6.01 Å². The summed E-state index contributed by atoms with van der Waals surface area (Å²) < 4.78 is 5.49. The Kier molecular flexibility index (Phi) is 4.07. The Balaban J connectivity index is 1.75. The zero-order valence-corrected chi connectivity index (χ0v) is 9.43. The zero-order valence-electron chi connectivity index (χ0n) is 9.43.